The van der Waals surface area contributed by atoms with Crippen molar-refractivity contribution in [2.24, 2.45) is 17.8 Å². The lowest BCUT2D eigenvalue weighted by molar-refractivity contribution is -0.147. The van der Waals surface area contributed by atoms with Crippen molar-refractivity contribution in [3.8, 4) is 0 Å². The summed E-state index contributed by atoms with van der Waals surface area (Å²) >= 11 is 3.53. The van der Waals surface area contributed by atoms with Gasteiger partial charge in [-0.3, -0.25) is 9.59 Å². The monoisotopic (exact) mass is 391 g/mol. The zero-order valence-electron chi connectivity index (χ0n) is 13.8. The number of amides is 1. The number of carboxylic acid groups (broad SMARTS) is 1. The molecule has 1 spiro atoms. The largest absolute Gasteiger partial charge is 0.481 e. The van der Waals surface area contributed by atoms with Gasteiger partial charge in [-0.1, -0.05) is 28.9 Å². The number of hydrogen-bond donors (Lipinski definition) is 1. The predicted molar refractivity (Wildman–Crippen MR) is 93.7 cm³/mol. The summed E-state index contributed by atoms with van der Waals surface area (Å²) < 4.78 is 1.09. The van der Waals surface area contributed by atoms with Crippen molar-refractivity contribution in [1.29, 1.82) is 0 Å². The minimum absolute atomic E-state index is 0.0204. The summed E-state index contributed by atoms with van der Waals surface area (Å²) in [5.74, 6) is -0.728. The smallest absolute Gasteiger partial charge is 0.308 e. The maximum atomic E-state index is 13.0. The fourth-order valence-electron chi connectivity index (χ4n) is 4.88. The van der Waals surface area contributed by atoms with E-state index in [2.05, 4.69) is 34.1 Å². The van der Waals surface area contributed by atoms with Crippen molar-refractivity contribution in [2.45, 2.75) is 38.0 Å². The zero-order valence-corrected chi connectivity index (χ0v) is 15.4. The quantitative estimate of drug-likeness (QED) is 0.841. The molecule has 24 heavy (non-hydrogen) atoms. The Morgan fingerprint density at radius 3 is 2.88 bits per heavy atom. The standard InChI is InChI=1S/C19H22BrNO3/c1-11-6-13(18(23)24)10-21(9-11)17(22)16-8-19(16)5-4-12-7-14(20)2-3-15(12)19/h2-3,7,11,13,16H,4-6,8-10H2,1H3,(H,23,24). The lowest BCUT2D eigenvalue weighted by atomic mass is 9.89. The number of aliphatic carboxylic acids is 1. The molecule has 1 amide bonds. The average Bonchev–Trinajstić information content (AvgIpc) is 3.16. The molecule has 0 radical (unpaired) electrons. The van der Waals surface area contributed by atoms with Crippen LogP contribution in [0.25, 0.3) is 0 Å². The predicted octanol–water partition coefficient (Wildman–Crippen LogP) is 3.22. The van der Waals surface area contributed by atoms with Gasteiger partial charge in [-0.25, -0.2) is 0 Å². The maximum absolute atomic E-state index is 13.0. The van der Waals surface area contributed by atoms with Crippen LogP contribution in [0.1, 0.15) is 37.3 Å². The van der Waals surface area contributed by atoms with Crippen molar-refractivity contribution in [1.82, 2.24) is 4.90 Å². The Bertz CT molecular complexity index is 719. The Morgan fingerprint density at radius 1 is 1.33 bits per heavy atom. The lowest BCUT2D eigenvalue weighted by Crippen LogP contribution is -2.46. The number of halogens is 1. The first-order valence-electron chi connectivity index (χ1n) is 8.71. The van der Waals surface area contributed by atoms with Crippen LogP contribution >= 0.6 is 15.9 Å². The molecule has 4 rings (SSSR count). The second-order valence-electron chi connectivity index (χ2n) is 7.83. The number of hydrogen-bond acceptors (Lipinski definition) is 2. The Hall–Kier alpha value is -1.36. The molecule has 4 unspecified atom stereocenters. The summed E-state index contributed by atoms with van der Waals surface area (Å²) in [4.78, 5) is 26.2. The van der Waals surface area contributed by atoms with Gasteiger partial charge in [0, 0.05) is 28.9 Å². The molecule has 128 valence electrons. The van der Waals surface area contributed by atoms with Crippen LogP contribution in [-0.4, -0.2) is 35.0 Å². The first-order chi connectivity index (χ1) is 11.4. The molecule has 2 aliphatic carbocycles. The number of carbonyl (C=O) groups is 2. The summed E-state index contributed by atoms with van der Waals surface area (Å²) in [6.45, 7) is 3.11. The number of piperidine rings is 1. The van der Waals surface area contributed by atoms with Gasteiger partial charge in [-0.05, 0) is 54.9 Å². The topological polar surface area (TPSA) is 57.6 Å². The van der Waals surface area contributed by atoms with E-state index < -0.39 is 11.9 Å². The molecule has 4 nitrogen and oxygen atoms in total. The van der Waals surface area contributed by atoms with Gasteiger partial charge in [0.15, 0.2) is 0 Å². The summed E-state index contributed by atoms with van der Waals surface area (Å²) in [6.07, 6.45) is 3.67. The van der Waals surface area contributed by atoms with Crippen LogP contribution in [0.15, 0.2) is 22.7 Å². The highest BCUT2D eigenvalue weighted by atomic mass is 79.9. The van der Waals surface area contributed by atoms with Crippen LogP contribution in [0.3, 0.4) is 0 Å². The van der Waals surface area contributed by atoms with E-state index >= 15 is 0 Å². The van der Waals surface area contributed by atoms with Gasteiger partial charge in [-0.2, -0.15) is 0 Å². The first kappa shape index (κ1) is 16.1. The molecular weight excluding hydrogens is 370 g/mol. The van der Waals surface area contributed by atoms with Gasteiger partial charge in [0.2, 0.25) is 5.91 Å². The summed E-state index contributed by atoms with van der Waals surface area (Å²) in [7, 11) is 0. The number of benzene rings is 1. The van der Waals surface area contributed by atoms with E-state index in [1.807, 2.05) is 11.8 Å². The molecule has 1 saturated heterocycles. The summed E-state index contributed by atoms with van der Waals surface area (Å²) in [6, 6.07) is 6.40. The number of carboxylic acids is 1. The molecule has 1 aliphatic heterocycles. The van der Waals surface area contributed by atoms with E-state index in [9.17, 15) is 14.7 Å². The maximum Gasteiger partial charge on any atom is 0.308 e. The van der Waals surface area contributed by atoms with E-state index in [-0.39, 0.29) is 23.2 Å². The third-order valence-corrected chi connectivity index (χ3v) is 6.63. The van der Waals surface area contributed by atoms with Crippen LogP contribution in [0.2, 0.25) is 0 Å². The number of rotatable bonds is 2. The highest BCUT2D eigenvalue weighted by Crippen LogP contribution is 2.62. The molecule has 2 fully saturated rings. The molecule has 1 aromatic carbocycles. The molecule has 1 saturated carbocycles. The van der Waals surface area contributed by atoms with Crippen LogP contribution in [-0.2, 0) is 21.4 Å². The third kappa shape index (κ3) is 2.48. The molecular formula is C19H22BrNO3. The van der Waals surface area contributed by atoms with Crippen molar-refractivity contribution >= 4 is 27.8 Å². The molecule has 0 bridgehead atoms. The van der Waals surface area contributed by atoms with Gasteiger partial charge in [0.05, 0.1) is 5.92 Å². The number of aryl methyl sites for hydroxylation is 1. The lowest BCUT2D eigenvalue weighted by Gasteiger charge is -2.35. The van der Waals surface area contributed by atoms with Crippen LogP contribution < -0.4 is 0 Å². The van der Waals surface area contributed by atoms with Crippen molar-refractivity contribution < 1.29 is 14.7 Å². The highest BCUT2D eigenvalue weighted by Gasteiger charge is 2.62. The van der Waals surface area contributed by atoms with Crippen molar-refractivity contribution in [3.63, 3.8) is 0 Å². The molecule has 3 aliphatic rings. The van der Waals surface area contributed by atoms with E-state index in [4.69, 9.17) is 0 Å². The molecule has 5 heteroatoms. The van der Waals surface area contributed by atoms with Crippen molar-refractivity contribution in [2.75, 3.05) is 13.1 Å². The summed E-state index contributed by atoms with van der Waals surface area (Å²) in [5.41, 5.74) is 2.71. The van der Waals surface area contributed by atoms with Gasteiger partial charge in [0.1, 0.15) is 0 Å². The van der Waals surface area contributed by atoms with E-state index in [0.29, 0.717) is 19.5 Å². The van der Waals surface area contributed by atoms with Crippen LogP contribution in [0.5, 0.6) is 0 Å². The normalized spacial score (nSPS) is 34.2. The number of likely N-dealkylation sites (tertiary alicyclic amines) is 1. The SMILES string of the molecule is CC1CC(C(=O)O)CN(C(=O)C2CC23CCc2cc(Br)ccc23)C1. The molecule has 1 heterocycles. The fourth-order valence-corrected chi connectivity index (χ4v) is 5.29. The number of nitrogens with zero attached hydrogens (tertiary/aromatic N) is 1. The Labute approximate surface area is 150 Å². The third-order valence-electron chi connectivity index (χ3n) is 6.14. The first-order valence-corrected chi connectivity index (χ1v) is 9.50. The molecule has 0 aromatic heterocycles. The second-order valence-corrected chi connectivity index (χ2v) is 8.75. The molecule has 1 aromatic rings. The molecule has 1 N–H and O–H groups in total. The van der Waals surface area contributed by atoms with Crippen LogP contribution in [0.4, 0.5) is 0 Å². The van der Waals surface area contributed by atoms with Gasteiger partial charge < -0.3 is 10.0 Å². The van der Waals surface area contributed by atoms with E-state index in [0.717, 1.165) is 23.7 Å². The van der Waals surface area contributed by atoms with Gasteiger partial charge >= 0.3 is 5.97 Å². The second kappa shape index (κ2) is 5.58. The summed E-state index contributed by atoms with van der Waals surface area (Å²) in [5, 5.41) is 9.33. The Balaban J connectivity index is 1.53. The van der Waals surface area contributed by atoms with E-state index in [1.54, 1.807) is 0 Å². The van der Waals surface area contributed by atoms with Gasteiger partial charge in [-0.15, -0.1) is 0 Å². The van der Waals surface area contributed by atoms with Crippen LogP contribution in [0, 0.1) is 17.8 Å². The molecule has 4 atom stereocenters. The van der Waals surface area contributed by atoms with Gasteiger partial charge in [0.25, 0.3) is 0 Å². The van der Waals surface area contributed by atoms with Crippen molar-refractivity contribution in [3.05, 3.63) is 33.8 Å². The minimum Gasteiger partial charge on any atom is -0.481 e. The Kier molecular flexibility index (Phi) is 3.75. The average molecular weight is 392 g/mol. The number of carbonyl (C=O) groups excluding carboxylic acids is 1. The minimum atomic E-state index is -0.777. The number of fused-ring (bicyclic) bond motifs is 2. The zero-order chi connectivity index (χ0) is 17.1. The van der Waals surface area contributed by atoms with E-state index in [1.165, 1.54) is 11.1 Å². The highest BCUT2D eigenvalue weighted by molar-refractivity contribution is 9.10. The fraction of sp³-hybridized carbons (Fsp3) is 0.579. The Morgan fingerprint density at radius 2 is 2.12 bits per heavy atom.